The van der Waals surface area contributed by atoms with E-state index < -0.39 is 41.5 Å². The fourth-order valence-corrected chi connectivity index (χ4v) is 6.23. The Morgan fingerprint density at radius 1 is 0.860 bits per heavy atom. The second kappa shape index (κ2) is 18.6. The number of carboxylic acids is 2. The molecular formula is C41H42N6O10. The molecule has 16 heteroatoms. The SMILES string of the molecule is CC(C)(C)C(=O)OCn1ccc2c(-c3cnn([C@@H](CC#N)C4CCCC4)c3)ncnc21.O=C(O[C@H](C(=O)O)[C@H](OC(=O)c1ccccc1)C(=O)O)c1ccccc1. The van der Waals surface area contributed by atoms with Gasteiger partial charge in [0.05, 0.1) is 47.0 Å². The van der Waals surface area contributed by atoms with Crippen molar-refractivity contribution in [3.05, 3.63) is 103 Å². The minimum atomic E-state index is -2.21. The van der Waals surface area contributed by atoms with Crippen molar-refractivity contribution in [2.24, 2.45) is 11.3 Å². The van der Waals surface area contributed by atoms with Crippen molar-refractivity contribution in [1.29, 1.82) is 5.26 Å². The van der Waals surface area contributed by atoms with Crippen LogP contribution in [0.2, 0.25) is 0 Å². The third-order valence-corrected chi connectivity index (χ3v) is 9.21. The van der Waals surface area contributed by atoms with Crippen molar-refractivity contribution in [1.82, 2.24) is 24.3 Å². The molecule has 3 heterocycles. The topological polar surface area (TPSA) is 226 Å². The summed E-state index contributed by atoms with van der Waals surface area (Å²) in [5.74, 6) is -5.40. The molecule has 0 spiro atoms. The van der Waals surface area contributed by atoms with Gasteiger partial charge in [0.1, 0.15) is 12.0 Å². The van der Waals surface area contributed by atoms with E-state index in [1.165, 1.54) is 67.7 Å². The van der Waals surface area contributed by atoms with Crippen LogP contribution in [0.4, 0.5) is 0 Å². The number of carbonyl (C=O) groups excluding carboxylic acids is 3. The fourth-order valence-electron chi connectivity index (χ4n) is 6.23. The summed E-state index contributed by atoms with van der Waals surface area (Å²) < 4.78 is 18.7. The van der Waals surface area contributed by atoms with Crippen LogP contribution in [0.5, 0.6) is 0 Å². The number of hydrogen-bond donors (Lipinski definition) is 2. The van der Waals surface area contributed by atoms with Gasteiger partial charge in [-0.3, -0.25) is 14.0 Å². The van der Waals surface area contributed by atoms with Crippen LogP contribution in [0.3, 0.4) is 0 Å². The zero-order valence-corrected chi connectivity index (χ0v) is 31.6. The zero-order valence-electron chi connectivity index (χ0n) is 31.6. The van der Waals surface area contributed by atoms with Gasteiger partial charge in [0.15, 0.2) is 6.73 Å². The first-order valence-corrected chi connectivity index (χ1v) is 18.1. The highest BCUT2D eigenvalue weighted by molar-refractivity contribution is 5.95. The number of aromatic nitrogens is 5. The predicted octanol–water partition coefficient (Wildman–Crippen LogP) is 6.09. The highest BCUT2D eigenvalue weighted by Crippen LogP contribution is 2.37. The lowest BCUT2D eigenvalue weighted by atomic mass is 9.96. The number of benzene rings is 2. The summed E-state index contributed by atoms with van der Waals surface area (Å²) in [5, 5.41) is 33.2. The van der Waals surface area contributed by atoms with Crippen LogP contribution in [0.25, 0.3) is 22.3 Å². The smallest absolute Gasteiger partial charge is 0.349 e. The van der Waals surface area contributed by atoms with E-state index in [0.29, 0.717) is 18.0 Å². The molecule has 3 atom stereocenters. The van der Waals surface area contributed by atoms with Crippen molar-refractivity contribution >= 4 is 40.9 Å². The Labute approximate surface area is 327 Å². The molecule has 6 rings (SSSR count). The molecule has 2 aromatic carbocycles. The maximum atomic E-state index is 12.1. The molecule has 0 radical (unpaired) electrons. The molecule has 0 saturated heterocycles. The van der Waals surface area contributed by atoms with E-state index in [1.54, 1.807) is 22.9 Å². The van der Waals surface area contributed by atoms with Crippen LogP contribution >= 0.6 is 0 Å². The summed E-state index contributed by atoms with van der Waals surface area (Å²) in [6.07, 6.45) is 7.92. The third kappa shape index (κ3) is 10.5. The summed E-state index contributed by atoms with van der Waals surface area (Å²) in [4.78, 5) is 67.8. The molecule has 3 aromatic heterocycles. The average molecular weight is 779 g/mol. The Balaban J connectivity index is 0.000000221. The molecule has 16 nitrogen and oxygen atoms in total. The second-order valence-corrected chi connectivity index (χ2v) is 14.3. The van der Waals surface area contributed by atoms with Gasteiger partial charge in [-0.1, -0.05) is 49.2 Å². The molecule has 296 valence electrons. The first-order chi connectivity index (χ1) is 27.3. The lowest BCUT2D eigenvalue weighted by molar-refractivity contribution is -0.166. The van der Waals surface area contributed by atoms with Crippen molar-refractivity contribution in [3.63, 3.8) is 0 Å². The Morgan fingerprint density at radius 3 is 1.93 bits per heavy atom. The largest absolute Gasteiger partial charge is 0.478 e. The van der Waals surface area contributed by atoms with E-state index in [9.17, 15) is 39.4 Å². The highest BCUT2D eigenvalue weighted by atomic mass is 16.6. The summed E-state index contributed by atoms with van der Waals surface area (Å²) in [5.41, 5.74) is 1.85. The van der Waals surface area contributed by atoms with Gasteiger partial charge >= 0.3 is 29.8 Å². The number of esters is 3. The molecule has 1 aliphatic rings. The van der Waals surface area contributed by atoms with Crippen molar-refractivity contribution in [2.45, 2.75) is 77.9 Å². The molecular weight excluding hydrogens is 736 g/mol. The number of nitrogens with zero attached hydrogens (tertiary/aromatic N) is 6. The molecule has 57 heavy (non-hydrogen) atoms. The predicted molar refractivity (Wildman–Crippen MR) is 202 cm³/mol. The van der Waals surface area contributed by atoms with Gasteiger partial charge < -0.3 is 24.4 Å². The monoisotopic (exact) mass is 778 g/mol. The lowest BCUT2D eigenvalue weighted by Gasteiger charge is -2.21. The van der Waals surface area contributed by atoms with E-state index in [1.807, 2.05) is 43.9 Å². The number of rotatable bonds is 13. The fraction of sp³-hybridized carbons (Fsp3) is 0.341. The maximum Gasteiger partial charge on any atom is 0.349 e. The summed E-state index contributed by atoms with van der Waals surface area (Å²) in [6, 6.07) is 19.2. The summed E-state index contributed by atoms with van der Waals surface area (Å²) in [6.45, 7) is 5.58. The molecule has 1 aliphatic carbocycles. The second-order valence-electron chi connectivity index (χ2n) is 14.3. The number of aliphatic carboxylic acids is 2. The number of carbonyl (C=O) groups is 5. The van der Waals surface area contributed by atoms with Crippen LogP contribution in [-0.4, -0.2) is 76.6 Å². The van der Waals surface area contributed by atoms with Crippen LogP contribution < -0.4 is 0 Å². The van der Waals surface area contributed by atoms with E-state index in [2.05, 4.69) is 21.1 Å². The Morgan fingerprint density at radius 2 is 1.42 bits per heavy atom. The van der Waals surface area contributed by atoms with Crippen LogP contribution in [-0.2, 0) is 35.3 Å². The first kappa shape index (κ1) is 41.3. The highest BCUT2D eigenvalue weighted by Gasteiger charge is 2.41. The van der Waals surface area contributed by atoms with Crippen LogP contribution in [0, 0.1) is 22.7 Å². The van der Waals surface area contributed by atoms with Gasteiger partial charge in [0, 0.05) is 23.3 Å². The molecule has 0 aliphatic heterocycles. The van der Waals surface area contributed by atoms with Crippen molar-refractivity contribution < 1.29 is 48.4 Å². The normalized spacial score (nSPS) is 14.3. The molecule has 1 fully saturated rings. The standard InChI is InChI=1S/C23H28N6O2.C18H14O8/c1-23(2,3)22(30)31-15-28-11-9-18-20(25-14-26-21(18)28)17-12-27-29(13-17)19(8-10-24)16-6-4-5-7-16;19-15(20)13(25-17(23)11-7-3-1-4-8-11)14(16(21)22)26-18(24)12-9-5-2-6-10-12/h9,11-14,16,19H,4-8,15H2,1-3H3;1-10,13-14H,(H,19,20)(H,21,22)/t19-;13-,14-/m00/s1. The minimum absolute atomic E-state index is 0.0253. The molecule has 5 aromatic rings. The summed E-state index contributed by atoms with van der Waals surface area (Å²) in [7, 11) is 0. The quantitative estimate of drug-likeness (QED) is 0.102. The Hall–Kier alpha value is -6.89. The average Bonchev–Trinajstić information content (AvgIpc) is 4.00. The van der Waals surface area contributed by atoms with E-state index in [-0.39, 0.29) is 29.9 Å². The number of hydrogen-bond acceptors (Lipinski definition) is 12. The zero-order chi connectivity index (χ0) is 41.1. The van der Waals surface area contributed by atoms with Crippen molar-refractivity contribution in [2.75, 3.05) is 0 Å². The van der Waals surface area contributed by atoms with Gasteiger partial charge in [-0.25, -0.2) is 29.1 Å². The van der Waals surface area contributed by atoms with Gasteiger partial charge in [-0.15, -0.1) is 0 Å². The van der Waals surface area contributed by atoms with Crippen LogP contribution in [0.15, 0.2) is 91.6 Å². The van der Waals surface area contributed by atoms with Crippen molar-refractivity contribution in [3.8, 4) is 17.3 Å². The third-order valence-electron chi connectivity index (χ3n) is 9.21. The van der Waals surface area contributed by atoms with Crippen LogP contribution in [0.1, 0.15) is 79.6 Å². The molecule has 0 unspecified atom stereocenters. The Bertz CT molecular complexity index is 2160. The number of carboxylic acid groups (broad SMARTS) is 2. The van der Waals surface area contributed by atoms with E-state index in [4.69, 9.17) is 14.2 Å². The molecule has 0 bridgehead atoms. The number of nitriles is 1. The van der Waals surface area contributed by atoms with E-state index >= 15 is 0 Å². The molecule has 1 saturated carbocycles. The van der Waals surface area contributed by atoms with E-state index in [0.717, 1.165) is 29.5 Å². The van der Waals surface area contributed by atoms with Gasteiger partial charge in [0.2, 0.25) is 12.2 Å². The number of ether oxygens (including phenoxy) is 3. The van der Waals surface area contributed by atoms with Gasteiger partial charge in [-0.05, 0) is 69.9 Å². The molecule has 0 amide bonds. The first-order valence-electron chi connectivity index (χ1n) is 18.1. The minimum Gasteiger partial charge on any atom is -0.478 e. The van der Waals surface area contributed by atoms with Gasteiger partial charge in [0.25, 0.3) is 0 Å². The lowest BCUT2D eigenvalue weighted by Crippen LogP contribution is -2.45. The Kier molecular flexibility index (Phi) is 13.5. The number of fused-ring (bicyclic) bond motifs is 1. The van der Waals surface area contributed by atoms with Gasteiger partial charge in [-0.2, -0.15) is 10.4 Å². The molecule has 2 N–H and O–H groups in total. The maximum absolute atomic E-state index is 12.1. The summed E-state index contributed by atoms with van der Waals surface area (Å²) >= 11 is 0.